The first-order valence-corrected chi connectivity index (χ1v) is 10.7. The molecular weight excluding hydrogens is 426 g/mol. The number of carbonyl (C=O) groups excluding carboxylic acids is 4. The van der Waals surface area contributed by atoms with Gasteiger partial charge in [0.1, 0.15) is 17.8 Å². The van der Waals surface area contributed by atoms with E-state index < -0.39 is 35.5 Å². The standard InChI is InChI=1S/C25H33NO7/c1-8-14-32-22(28)18-12-10-17(11-13-18)15-19(23(29)31-9-2)21(27)20(16(3)4)26-24(30)33-25(5,6)7/h8,10-13,15-16,20H,1,9,14H2,2-7H3,(H,26,30)/b19-15-/t20-/m0/s1. The lowest BCUT2D eigenvalue weighted by Gasteiger charge is -2.25. The summed E-state index contributed by atoms with van der Waals surface area (Å²) in [4.78, 5) is 50.1. The van der Waals surface area contributed by atoms with Gasteiger partial charge < -0.3 is 19.5 Å². The largest absolute Gasteiger partial charge is 0.462 e. The van der Waals surface area contributed by atoms with E-state index in [1.54, 1.807) is 53.7 Å². The second-order valence-corrected chi connectivity index (χ2v) is 8.52. The molecule has 0 bridgehead atoms. The summed E-state index contributed by atoms with van der Waals surface area (Å²) in [6.07, 6.45) is 2.06. The molecule has 33 heavy (non-hydrogen) atoms. The molecule has 1 aromatic carbocycles. The molecule has 0 unspecified atom stereocenters. The van der Waals surface area contributed by atoms with Crippen molar-refractivity contribution in [3.63, 3.8) is 0 Å². The van der Waals surface area contributed by atoms with Crippen LogP contribution in [-0.4, -0.2) is 48.7 Å². The Kier molecular flexibility index (Phi) is 10.5. The van der Waals surface area contributed by atoms with Crippen LogP contribution in [0.15, 0.2) is 42.5 Å². The second-order valence-electron chi connectivity index (χ2n) is 8.52. The third-order valence-electron chi connectivity index (χ3n) is 4.17. The highest BCUT2D eigenvalue weighted by atomic mass is 16.6. The van der Waals surface area contributed by atoms with Gasteiger partial charge in [0.05, 0.1) is 18.2 Å². The van der Waals surface area contributed by atoms with Gasteiger partial charge in [-0.15, -0.1) is 0 Å². The van der Waals surface area contributed by atoms with Crippen molar-refractivity contribution in [1.82, 2.24) is 5.32 Å². The zero-order chi connectivity index (χ0) is 25.2. The van der Waals surface area contributed by atoms with Gasteiger partial charge >= 0.3 is 18.0 Å². The van der Waals surface area contributed by atoms with Gasteiger partial charge in [0, 0.05) is 0 Å². The fourth-order valence-corrected chi connectivity index (χ4v) is 2.68. The summed E-state index contributed by atoms with van der Waals surface area (Å²) in [5.41, 5.74) is -0.173. The molecule has 0 saturated heterocycles. The fraction of sp³-hybridized carbons (Fsp3) is 0.440. The summed E-state index contributed by atoms with van der Waals surface area (Å²) >= 11 is 0. The van der Waals surface area contributed by atoms with E-state index in [9.17, 15) is 19.2 Å². The molecule has 0 heterocycles. The lowest BCUT2D eigenvalue weighted by atomic mass is 9.93. The van der Waals surface area contributed by atoms with Crippen LogP contribution in [0.4, 0.5) is 4.79 Å². The zero-order valence-electron chi connectivity index (χ0n) is 20.1. The van der Waals surface area contributed by atoms with Crippen molar-refractivity contribution in [2.75, 3.05) is 13.2 Å². The third kappa shape index (κ3) is 9.31. The van der Waals surface area contributed by atoms with Crippen LogP contribution in [0.3, 0.4) is 0 Å². The van der Waals surface area contributed by atoms with Gasteiger partial charge in [-0.2, -0.15) is 0 Å². The second kappa shape index (κ2) is 12.6. The first-order chi connectivity index (χ1) is 15.4. The van der Waals surface area contributed by atoms with E-state index in [-0.39, 0.29) is 24.7 Å². The van der Waals surface area contributed by atoms with Crippen LogP contribution in [0, 0.1) is 5.92 Å². The predicted octanol–water partition coefficient (Wildman–Crippen LogP) is 4.09. The lowest BCUT2D eigenvalue weighted by Crippen LogP contribution is -2.47. The average molecular weight is 460 g/mol. The molecule has 0 saturated carbocycles. The lowest BCUT2D eigenvalue weighted by molar-refractivity contribution is -0.140. The number of carbonyl (C=O) groups is 4. The Morgan fingerprint density at radius 1 is 1.06 bits per heavy atom. The number of hydrogen-bond acceptors (Lipinski definition) is 7. The minimum absolute atomic E-state index is 0.0728. The Balaban J connectivity index is 3.24. The number of hydrogen-bond donors (Lipinski definition) is 1. The van der Waals surface area contributed by atoms with Crippen molar-refractivity contribution in [3.8, 4) is 0 Å². The highest BCUT2D eigenvalue weighted by molar-refractivity contribution is 6.22. The zero-order valence-corrected chi connectivity index (χ0v) is 20.1. The summed E-state index contributed by atoms with van der Waals surface area (Å²) in [5.74, 6) is -2.27. The van der Waals surface area contributed by atoms with Gasteiger partial charge in [-0.1, -0.05) is 38.6 Å². The molecule has 8 nitrogen and oxygen atoms in total. The predicted molar refractivity (Wildman–Crippen MR) is 125 cm³/mol. The molecular formula is C25H33NO7. The van der Waals surface area contributed by atoms with Crippen molar-refractivity contribution < 1.29 is 33.4 Å². The Hall–Kier alpha value is -3.42. The minimum atomic E-state index is -1.01. The summed E-state index contributed by atoms with van der Waals surface area (Å²) in [6, 6.07) is 5.17. The summed E-state index contributed by atoms with van der Waals surface area (Å²) < 4.78 is 15.3. The van der Waals surface area contributed by atoms with Gasteiger partial charge in [-0.25, -0.2) is 14.4 Å². The van der Waals surface area contributed by atoms with E-state index >= 15 is 0 Å². The highest BCUT2D eigenvalue weighted by Crippen LogP contribution is 2.17. The minimum Gasteiger partial charge on any atom is -0.462 e. The fourth-order valence-electron chi connectivity index (χ4n) is 2.68. The van der Waals surface area contributed by atoms with E-state index in [0.717, 1.165) is 0 Å². The normalized spacial score (nSPS) is 12.5. The maximum Gasteiger partial charge on any atom is 0.408 e. The number of ether oxygens (including phenoxy) is 3. The summed E-state index contributed by atoms with van der Waals surface area (Å²) in [5, 5.41) is 2.55. The van der Waals surface area contributed by atoms with Gasteiger partial charge in [0.2, 0.25) is 0 Å². The number of rotatable bonds is 10. The van der Waals surface area contributed by atoms with Crippen molar-refractivity contribution >= 4 is 29.9 Å². The molecule has 1 aromatic rings. The summed E-state index contributed by atoms with van der Waals surface area (Å²) in [7, 11) is 0. The number of amides is 1. The SMILES string of the molecule is C=CCOC(=O)c1ccc(/C=C(\C(=O)OCC)C(=O)[C@@H](NC(=O)OC(C)(C)C)C(C)C)cc1. The van der Waals surface area contributed by atoms with Gasteiger partial charge in [-0.3, -0.25) is 4.79 Å². The van der Waals surface area contributed by atoms with E-state index in [1.807, 2.05) is 0 Å². The van der Waals surface area contributed by atoms with Crippen molar-refractivity contribution in [3.05, 3.63) is 53.6 Å². The van der Waals surface area contributed by atoms with E-state index in [0.29, 0.717) is 11.1 Å². The molecule has 0 aliphatic rings. The smallest absolute Gasteiger partial charge is 0.408 e. The Bertz CT molecular complexity index is 892. The Labute approximate surface area is 195 Å². The molecule has 8 heteroatoms. The maximum atomic E-state index is 13.3. The van der Waals surface area contributed by atoms with E-state index in [2.05, 4.69) is 11.9 Å². The van der Waals surface area contributed by atoms with Crippen LogP contribution in [0.2, 0.25) is 0 Å². The maximum absolute atomic E-state index is 13.3. The van der Waals surface area contributed by atoms with Gasteiger partial charge in [-0.05, 0) is 57.4 Å². The number of benzene rings is 1. The van der Waals surface area contributed by atoms with Crippen molar-refractivity contribution in [2.24, 2.45) is 5.92 Å². The molecule has 1 atom stereocenters. The quantitative estimate of drug-likeness (QED) is 0.140. The number of alkyl carbamates (subject to hydrolysis) is 1. The molecule has 1 rings (SSSR count). The van der Waals surface area contributed by atoms with Crippen LogP contribution in [0.25, 0.3) is 6.08 Å². The number of ketones is 1. The summed E-state index contributed by atoms with van der Waals surface area (Å²) in [6.45, 7) is 13.9. The molecule has 0 fully saturated rings. The molecule has 1 N–H and O–H groups in total. The van der Waals surface area contributed by atoms with Gasteiger partial charge in [0.25, 0.3) is 0 Å². The third-order valence-corrected chi connectivity index (χ3v) is 4.17. The average Bonchev–Trinajstić information content (AvgIpc) is 2.72. The molecule has 0 aromatic heterocycles. The van der Waals surface area contributed by atoms with Crippen LogP contribution >= 0.6 is 0 Å². The molecule has 0 aliphatic carbocycles. The van der Waals surface area contributed by atoms with Crippen LogP contribution in [0.5, 0.6) is 0 Å². The molecule has 0 aliphatic heterocycles. The first-order valence-electron chi connectivity index (χ1n) is 10.7. The molecule has 0 spiro atoms. The molecule has 180 valence electrons. The van der Waals surface area contributed by atoms with Crippen LogP contribution < -0.4 is 5.32 Å². The Morgan fingerprint density at radius 3 is 2.15 bits per heavy atom. The Morgan fingerprint density at radius 2 is 1.67 bits per heavy atom. The molecule has 1 amide bonds. The first kappa shape index (κ1) is 27.6. The van der Waals surface area contributed by atoms with Crippen molar-refractivity contribution in [2.45, 2.75) is 53.2 Å². The highest BCUT2D eigenvalue weighted by Gasteiger charge is 2.32. The van der Waals surface area contributed by atoms with Crippen molar-refractivity contribution in [1.29, 1.82) is 0 Å². The number of Topliss-reactive ketones (excluding diaryl/α,β-unsaturated/α-hetero) is 1. The van der Waals surface area contributed by atoms with E-state index in [4.69, 9.17) is 14.2 Å². The molecule has 0 radical (unpaired) electrons. The number of nitrogens with one attached hydrogen (secondary N) is 1. The van der Waals surface area contributed by atoms with Crippen LogP contribution in [0.1, 0.15) is 57.5 Å². The van der Waals surface area contributed by atoms with Crippen LogP contribution in [-0.2, 0) is 23.8 Å². The monoisotopic (exact) mass is 459 g/mol. The van der Waals surface area contributed by atoms with Gasteiger partial charge in [0.15, 0.2) is 5.78 Å². The van der Waals surface area contributed by atoms with E-state index in [1.165, 1.54) is 24.3 Å². The topological polar surface area (TPSA) is 108 Å². The number of esters is 2.